The van der Waals surface area contributed by atoms with Crippen molar-refractivity contribution in [1.29, 1.82) is 0 Å². The maximum absolute atomic E-state index is 9.13. The summed E-state index contributed by atoms with van der Waals surface area (Å²) < 4.78 is 0. The zero-order valence-electron chi connectivity index (χ0n) is 8.22. The van der Waals surface area contributed by atoms with Crippen molar-refractivity contribution in [2.75, 3.05) is 13.2 Å². The second-order valence-corrected chi connectivity index (χ2v) is 3.25. The molecule has 0 saturated carbocycles. The number of aliphatic hydroxyl groups is 2. The van der Waals surface area contributed by atoms with E-state index in [-0.39, 0.29) is 12.6 Å². The van der Waals surface area contributed by atoms with E-state index in [1.807, 2.05) is 19.1 Å². The molecule has 0 saturated heterocycles. The smallest absolute Gasteiger partial charge is 0.0895 e. The Kier molecular flexibility index (Phi) is 4.52. The van der Waals surface area contributed by atoms with Crippen molar-refractivity contribution >= 4 is 0 Å². The van der Waals surface area contributed by atoms with Crippen LogP contribution in [-0.4, -0.2) is 34.5 Å². The summed E-state index contributed by atoms with van der Waals surface area (Å²) in [4.78, 5) is 4.00. The van der Waals surface area contributed by atoms with E-state index in [0.29, 0.717) is 6.54 Å². The van der Waals surface area contributed by atoms with Crippen LogP contribution in [-0.2, 0) is 0 Å². The Morgan fingerprint density at radius 2 is 2.36 bits per heavy atom. The first kappa shape index (κ1) is 11.1. The van der Waals surface area contributed by atoms with Crippen molar-refractivity contribution in [1.82, 2.24) is 10.3 Å². The fraction of sp³-hybridized carbons (Fsp3) is 0.500. The summed E-state index contributed by atoms with van der Waals surface area (Å²) >= 11 is 0. The van der Waals surface area contributed by atoms with E-state index in [4.69, 9.17) is 10.2 Å². The molecule has 1 aromatic heterocycles. The summed E-state index contributed by atoms with van der Waals surface area (Å²) in [5.74, 6) is 0. The predicted molar refractivity (Wildman–Crippen MR) is 53.7 cm³/mol. The SMILES string of the molecule is CC(NC[C@H](O)CO)c1cccnc1. The predicted octanol–water partition coefficient (Wildman–Crippen LogP) is 0.0854. The third-order valence-corrected chi connectivity index (χ3v) is 2.05. The Labute approximate surface area is 83.6 Å². The highest BCUT2D eigenvalue weighted by atomic mass is 16.3. The molecule has 0 radical (unpaired) electrons. The van der Waals surface area contributed by atoms with Crippen molar-refractivity contribution in [2.24, 2.45) is 0 Å². The van der Waals surface area contributed by atoms with Crippen molar-refractivity contribution in [3.05, 3.63) is 30.1 Å². The molecule has 1 aromatic rings. The Morgan fingerprint density at radius 1 is 1.57 bits per heavy atom. The number of nitrogens with one attached hydrogen (secondary N) is 1. The molecule has 0 aromatic carbocycles. The van der Waals surface area contributed by atoms with Crippen LogP contribution in [0.25, 0.3) is 0 Å². The first-order valence-corrected chi connectivity index (χ1v) is 4.66. The average Bonchev–Trinajstić information content (AvgIpc) is 2.26. The van der Waals surface area contributed by atoms with E-state index in [1.165, 1.54) is 0 Å². The lowest BCUT2D eigenvalue weighted by atomic mass is 10.1. The number of nitrogens with zero attached hydrogens (tertiary/aromatic N) is 1. The molecule has 4 heteroatoms. The molecule has 0 fully saturated rings. The molecule has 0 aliphatic rings. The van der Waals surface area contributed by atoms with Gasteiger partial charge in [0.05, 0.1) is 12.7 Å². The zero-order chi connectivity index (χ0) is 10.4. The first-order chi connectivity index (χ1) is 6.74. The monoisotopic (exact) mass is 196 g/mol. The summed E-state index contributed by atoms with van der Waals surface area (Å²) in [7, 11) is 0. The number of aliphatic hydroxyl groups excluding tert-OH is 2. The van der Waals surface area contributed by atoms with Crippen LogP contribution in [0.3, 0.4) is 0 Å². The van der Waals surface area contributed by atoms with Gasteiger partial charge in [0.2, 0.25) is 0 Å². The van der Waals surface area contributed by atoms with Gasteiger partial charge in [-0.25, -0.2) is 0 Å². The molecule has 1 rings (SSSR count). The highest BCUT2D eigenvalue weighted by molar-refractivity contribution is 5.12. The second kappa shape index (κ2) is 5.70. The van der Waals surface area contributed by atoms with Crippen LogP contribution in [0.5, 0.6) is 0 Å². The molecule has 0 aliphatic carbocycles. The van der Waals surface area contributed by atoms with Crippen molar-refractivity contribution in [3.8, 4) is 0 Å². The quantitative estimate of drug-likeness (QED) is 0.624. The van der Waals surface area contributed by atoms with Crippen LogP contribution in [0.2, 0.25) is 0 Å². The third kappa shape index (κ3) is 3.41. The van der Waals surface area contributed by atoms with E-state index in [0.717, 1.165) is 5.56 Å². The molecule has 14 heavy (non-hydrogen) atoms. The van der Waals surface area contributed by atoms with Gasteiger partial charge in [0.15, 0.2) is 0 Å². The van der Waals surface area contributed by atoms with Gasteiger partial charge < -0.3 is 15.5 Å². The van der Waals surface area contributed by atoms with Crippen LogP contribution in [0.4, 0.5) is 0 Å². The molecule has 1 unspecified atom stereocenters. The largest absolute Gasteiger partial charge is 0.394 e. The minimum atomic E-state index is -0.700. The Balaban J connectivity index is 2.39. The molecule has 3 N–H and O–H groups in total. The summed E-state index contributed by atoms with van der Waals surface area (Å²) in [6.07, 6.45) is 2.80. The van der Waals surface area contributed by atoms with Gasteiger partial charge in [-0.3, -0.25) is 4.98 Å². The van der Waals surface area contributed by atoms with Gasteiger partial charge in [0.1, 0.15) is 0 Å². The molecular formula is C10H16N2O2. The van der Waals surface area contributed by atoms with Crippen molar-refractivity contribution < 1.29 is 10.2 Å². The number of hydrogen-bond acceptors (Lipinski definition) is 4. The van der Waals surface area contributed by atoms with Crippen molar-refractivity contribution in [3.63, 3.8) is 0 Å². The highest BCUT2D eigenvalue weighted by Crippen LogP contribution is 2.09. The Morgan fingerprint density at radius 3 is 2.93 bits per heavy atom. The molecule has 78 valence electrons. The molecule has 2 atom stereocenters. The molecule has 0 aliphatic heterocycles. The van der Waals surface area contributed by atoms with Gasteiger partial charge in [-0.2, -0.15) is 0 Å². The Bertz CT molecular complexity index is 254. The lowest BCUT2D eigenvalue weighted by molar-refractivity contribution is 0.0924. The molecular weight excluding hydrogens is 180 g/mol. The number of aromatic nitrogens is 1. The standard InChI is InChI=1S/C10H16N2O2/c1-8(12-6-10(14)7-13)9-3-2-4-11-5-9/h2-5,8,10,12-14H,6-7H2,1H3/t8?,10-/m0/s1. The number of hydrogen-bond donors (Lipinski definition) is 3. The summed E-state index contributed by atoms with van der Waals surface area (Å²) in [5, 5.41) is 20.8. The molecule has 0 bridgehead atoms. The van der Waals surface area contributed by atoms with Gasteiger partial charge in [0.25, 0.3) is 0 Å². The fourth-order valence-corrected chi connectivity index (χ4v) is 1.13. The number of rotatable bonds is 5. The van der Waals surface area contributed by atoms with E-state index >= 15 is 0 Å². The maximum atomic E-state index is 9.13. The van der Waals surface area contributed by atoms with Crippen LogP contribution >= 0.6 is 0 Å². The van der Waals surface area contributed by atoms with Crippen molar-refractivity contribution in [2.45, 2.75) is 19.1 Å². The van der Waals surface area contributed by atoms with E-state index in [1.54, 1.807) is 12.4 Å². The summed E-state index contributed by atoms with van der Waals surface area (Å²) in [5.41, 5.74) is 1.07. The minimum Gasteiger partial charge on any atom is -0.394 e. The third-order valence-electron chi connectivity index (χ3n) is 2.05. The van der Waals surface area contributed by atoms with Crippen LogP contribution < -0.4 is 5.32 Å². The first-order valence-electron chi connectivity index (χ1n) is 4.66. The van der Waals surface area contributed by atoms with E-state index in [9.17, 15) is 0 Å². The van der Waals surface area contributed by atoms with Crippen LogP contribution in [0.15, 0.2) is 24.5 Å². The second-order valence-electron chi connectivity index (χ2n) is 3.25. The van der Waals surface area contributed by atoms with Gasteiger partial charge in [0, 0.05) is 25.0 Å². The fourth-order valence-electron chi connectivity index (χ4n) is 1.13. The lowest BCUT2D eigenvalue weighted by Gasteiger charge is -2.15. The zero-order valence-corrected chi connectivity index (χ0v) is 8.22. The molecule has 1 heterocycles. The normalized spacial score (nSPS) is 15.1. The summed E-state index contributed by atoms with van der Waals surface area (Å²) in [6, 6.07) is 3.97. The van der Waals surface area contributed by atoms with Gasteiger partial charge in [-0.05, 0) is 18.6 Å². The average molecular weight is 196 g/mol. The molecule has 0 amide bonds. The molecule has 4 nitrogen and oxygen atoms in total. The van der Waals surface area contributed by atoms with Crippen LogP contribution in [0, 0.1) is 0 Å². The van der Waals surface area contributed by atoms with Crippen LogP contribution in [0.1, 0.15) is 18.5 Å². The highest BCUT2D eigenvalue weighted by Gasteiger charge is 2.07. The van der Waals surface area contributed by atoms with Gasteiger partial charge in [-0.15, -0.1) is 0 Å². The van der Waals surface area contributed by atoms with Gasteiger partial charge in [-0.1, -0.05) is 6.07 Å². The van der Waals surface area contributed by atoms with E-state index < -0.39 is 6.10 Å². The maximum Gasteiger partial charge on any atom is 0.0895 e. The lowest BCUT2D eigenvalue weighted by Crippen LogP contribution is -2.31. The Hall–Kier alpha value is -0.970. The van der Waals surface area contributed by atoms with Gasteiger partial charge >= 0.3 is 0 Å². The topological polar surface area (TPSA) is 65.4 Å². The van der Waals surface area contributed by atoms with E-state index in [2.05, 4.69) is 10.3 Å². The number of pyridine rings is 1. The summed E-state index contributed by atoms with van der Waals surface area (Å²) in [6.45, 7) is 2.15. The minimum absolute atomic E-state index is 0.130. The molecule has 0 spiro atoms.